The first-order chi connectivity index (χ1) is 10.3. The lowest BCUT2D eigenvalue weighted by molar-refractivity contribution is -0.132. The number of ether oxygens (including phenoxy) is 1. The van der Waals surface area contributed by atoms with E-state index in [0.29, 0.717) is 11.5 Å². The zero-order chi connectivity index (χ0) is 18.2. The molecule has 3 N–H and O–H groups in total. The molecule has 4 nitrogen and oxygen atoms in total. The van der Waals surface area contributed by atoms with E-state index in [0.717, 1.165) is 16.7 Å². The predicted octanol–water partition coefficient (Wildman–Crippen LogP) is 3.97. The van der Waals surface area contributed by atoms with Crippen molar-refractivity contribution < 1.29 is 14.6 Å². The summed E-state index contributed by atoms with van der Waals surface area (Å²) in [6.07, 6.45) is 0. The van der Waals surface area contributed by atoms with E-state index in [-0.39, 0.29) is 23.3 Å². The van der Waals surface area contributed by atoms with E-state index < -0.39 is 5.97 Å². The number of nitrogens with two attached hydrogens (primary N) is 1. The van der Waals surface area contributed by atoms with E-state index in [2.05, 4.69) is 20.8 Å². The fourth-order valence-electron chi connectivity index (χ4n) is 2.82. The van der Waals surface area contributed by atoms with Gasteiger partial charge in [0, 0.05) is 16.7 Å². The van der Waals surface area contributed by atoms with Crippen molar-refractivity contribution in [1.29, 1.82) is 0 Å². The lowest BCUT2D eigenvalue weighted by atomic mass is 9.75. The third-order valence-corrected chi connectivity index (χ3v) is 3.83. The van der Waals surface area contributed by atoms with Crippen molar-refractivity contribution in [3.8, 4) is 11.5 Å². The number of esters is 1. The molecule has 0 bridgehead atoms. The third kappa shape index (κ3) is 4.25. The molecule has 0 amide bonds. The maximum atomic E-state index is 11.8. The molecule has 4 heteroatoms. The second-order valence-corrected chi connectivity index (χ2v) is 8.39. The van der Waals surface area contributed by atoms with Crippen LogP contribution in [0.15, 0.2) is 6.07 Å². The van der Waals surface area contributed by atoms with Crippen LogP contribution in [0.25, 0.3) is 0 Å². The van der Waals surface area contributed by atoms with Gasteiger partial charge in [0.25, 0.3) is 0 Å². The first kappa shape index (κ1) is 19.5. The van der Waals surface area contributed by atoms with Crippen LogP contribution in [0.1, 0.15) is 78.0 Å². The third-order valence-electron chi connectivity index (χ3n) is 3.83. The first-order valence-corrected chi connectivity index (χ1v) is 8.12. The number of hydrogen-bond acceptors (Lipinski definition) is 4. The van der Waals surface area contributed by atoms with Gasteiger partial charge in [-0.15, -0.1) is 0 Å². The Bertz CT molecular complexity index is 590. The van der Waals surface area contributed by atoms with Crippen molar-refractivity contribution in [2.75, 3.05) is 6.54 Å². The van der Waals surface area contributed by atoms with Crippen molar-refractivity contribution in [3.05, 3.63) is 22.8 Å². The normalized spacial score (nSPS) is 12.6. The average Bonchev–Trinajstić information content (AvgIpc) is 2.36. The summed E-state index contributed by atoms with van der Waals surface area (Å²) in [5, 5.41) is 10.9. The van der Waals surface area contributed by atoms with E-state index in [1.807, 2.05) is 34.6 Å². The summed E-state index contributed by atoms with van der Waals surface area (Å²) in [4.78, 5) is 11.8. The van der Waals surface area contributed by atoms with Crippen LogP contribution < -0.4 is 10.5 Å². The van der Waals surface area contributed by atoms with Gasteiger partial charge in [0.05, 0.1) is 6.54 Å². The predicted molar refractivity (Wildman–Crippen MR) is 94.3 cm³/mol. The van der Waals surface area contributed by atoms with Crippen molar-refractivity contribution >= 4 is 5.97 Å². The van der Waals surface area contributed by atoms with E-state index >= 15 is 0 Å². The summed E-state index contributed by atoms with van der Waals surface area (Å²) >= 11 is 0. The zero-order valence-electron chi connectivity index (χ0n) is 15.7. The molecule has 0 saturated heterocycles. The average molecular weight is 321 g/mol. The standard InChI is InChI=1S/C19H31NO3/c1-11(2)15-13(23-14(21)10-20)9-12(18(3,4)5)17(22)16(15)19(6,7)8/h9,11,22H,10,20H2,1-8H3. The van der Waals surface area contributed by atoms with E-state index in [1.165, 1.54) is 0 Å². The number of phenols is 1. The fourth-order valence-corrected chi connectivity index (χ4v) is 2.82. The van der Waals surface area contributed by atoms with Crippen LogP contribution in [0.2, 0.25) is 0 Å². The second-order valence-electron chi connectivity index (χ2n) is 8.39. The van der Waals surface area contributed by atoms with Crippen molar-refractivity contribution in [2.45, 2.75) is 72.1 Å². The van der Waals surface area contributed by atoms with Gasteiger partial charge in [-0.25, -0.2) is 0 Å². The van der Waals surface area contributed by atoms with Crippen LogP contribution in [0.3, 0.4) is 0 Å². The molecule has 0 aliphatic rings. The lowest BCUT2D eigenvalue weighted by Gasteiger charge is -2.32. The van der Waals surface area contributed by atoms with Gasteiger partial charge in [0.1, 0.15) is 11.5 Å². The largest absolute Gasteiger partial charge is 0.507 e. The Morgan fingerprint density at radius 1 is 1.17 bits per heavy atom. The number of aromatic hydroxyl groups is 1. The Morgan fingerprint density at radius 3 is 2.04 bits per heavy atom. The fraction of sp³-hybridized carbons (Fsp3) is 0.632. The molecule has 1 aromatic rings. The molecule has 0 unspecified atom stereocenters. The Balaban J connectivity index is 3.84. The van der Waals surface area contributed by atoms with Crippen molar-refractivity contribution in [2.24, 2.45) is 5.73 Å². The minimum absolute atomic E-state index is 0.102. The number of carbonyl (C=O) groups excluding carboxylic acids is 1. The molecular weight excluding hydrogens is 290 g/mol. The van der Waals surface area contributed by atoms with Crippen LogP contribution in [0, 0.1) is 0 Å². The Morgan fingerprint density at radius 2 is 1.70 bits per heavy atom. The Hall–Kier alpha value is -1.55. The van der Waals surface area contributed by atoms with Crippen LogP contribution in [0.5, 0.6) is 11.5 Å². The molecule has 0 atom stereocenters. The minimum Gasteiger partial charge on any atom is -0.507 e. The van der Waals surface area contributed by atoms with Gasteiger partial charge in [-0.05, 0) is 22.8 Å². The molecule has 23 heavy (non-hydrogen) atoms. The summed E-state index contributed by atoms with van der Waals surface area (Å²) in [5.41, 5.74) is 7.31. The van der Waals surface area contributed by atoms with Crippen molar-refractivity contribution in [1.82, 2.24) is 0 Å². The molecule has 1 rings (SSSR count). The summed E-state index contributed by atoms with van der Waals surface area (Å²) in [5.74, 6) is 0.423. The molecule has 0 aliphatic carbocycles. The van der Waals surface area contributed by atoms with Crippen LogP contribution in [-0.2, 0) is 15.6 Å². The number of phenolic OH excluding ortho intramolecular Hbond substituents is 1. The highest BCUT2D eigenvalue weighted by atomic mass is 16.5. The zero-order valence-corrected chi connectivity index (χ0v) is 15.7. The highest BCUT2D eigenvalue weighted by Gasteiger charge is 2.32. The summed E-state index contributed by atoms with van der Waals surface area (Å²) in [6.45, 7) is 16.1. The number of benzene rings is 1. The summed E-state index contributed by atoms with van der Waals surface area (Å²) < 4.78 is 5.51. The first-order valence-electron chi connectivity index (χ1n) is 8.12. The van der Waals surface area contributed by atoms with Crippen molar-refractivity contribution in [3.63, 3.8) is 0 Å². The van der Waals surface area contributed by atoms with Crippen LogP contribution >= 0.6 is 0 Å². The lowest BCUT2D eigenvalue weighted by Crippen LogP contribution is -2.24. The topological polar surface area (TPSA) is 72.5 Å². The second kappa shape index (κ2) is 6.52. The van der Waals surface area contributed by atoms with E-state index in [9.17, 15) is 9.90 Å². The van der Waals surface area contributed by atoms with Gasteiger partial charge in [-0.2, -0.15) is 0 Å². The molecule has 0 saturated carbocycles. The summed E-state index contributed by atoms with van der Waals surface area (Å²) in [6, 6.07) is 1.79. The minimum atomic E-state index is -0.475. The van der Waals surface area contributed by atoms with Gasteiger partial charge in [0.2, 0.25) is 0 Å². The van der Waals surface area contributed by atoms with Crippen LogP contribution in [-0.4, -0.2) is 17.6 Å². The van der Waals surface area contributed by atoms with E-state index in [4.69, 9.17) is 10.5 Å². The molecule has 0 heterocycles. The number of rotatable bonds is 3. The smallest absolute Gasteiger partial charge is 0.325 e. The summed E-state index contributed by atoms with van der Waals surface area (Å²) in [7, 11) is 0. The highest BCUT2D eigenvalue weighted by molar-refractivity contribution is 5.75. The molecule has 130 valence electrons. The molecule has 0 fully saturated rings. The molecule has 0 aliphatic heterocycles. The maximum absolute atomic E-state index is 11.8. The monoisotopic (exact) mass is 321 g/mol. The highest BCUT2D eigenvalue weighted by Crippen LogP contribution is 2.47. The van der Waals surface area contributed by atoms with Gasteiger partial charge in [-0.3, -0.25) is 4.79 Å². The van der Waals surface area contributed by atoms with Crippen LogP contribution in [0.4, 0.5) is 0 Å². The van der Waals surface area contributed by atoms with Gasteiger partial charge >= 0.3 is 5.97 Å². The molecule has 0 spiro atoms. The Kier molecular flexibility index (Phi) is 5.53. The van der Waals surface area contributed by atoms with Gasteiger partial charge < -0.3 is 15.6 Å². The van der Waals surface area contributed by atoms with Gasteiger partial charge in [0.15, 0.2) is 0 Å². The van der Waals surface area contributed by atoms with Gasteiger partial charge in [-0.1, -0.05) is 55.4 Å². The molecule has 1 aromatic carbocycles. The molecule has 0 aromatic heterocycles. The SMILES string of the molecule is CC(C)c1c(OC(=O)CN)cc(C(C)(C)C)c(O)c1C(C)(C)C. The molecule has 0 radical (unpaired) electrons. The number of carbonyl (C=O) groups is 1. The Labute approximate surface area is 140 Å². The van der Waals surface area contributed by atoms with E-state index in [1.54, 1.807) is 6.07 Å². The number of hydrogen-bond donors (Lipinski definition) is 2. The molecular formula is C19H31NO3. The quantitative estimate of drug-likeness (QED) is 0.652. The maximum Gasteiger partial charge on any atom is 0.325 e.